The lowest BCUT2D eigenvalue weighted by Crippen LogP contribution is -2.44. The van der Waals surface area contributed by atoms with Gasteiger partial charge >= 0.3 is 0 Å². The number of benzene rings is 1. The van der Waals surface area contributed by atoms with Gasteiger partial charge in [0, 0.05) is 32.1 Å². The van der Waals surface area contributed by atoms with Crippen LogP contribution in [0.1, 0.15) is 37.7 Å². The average Bonchev–Trinajstić information content (AvgIpc) is 3.10. The number of hydrogen-bond donors (Lipinski definition) is 2. The average molecular weight is 333 g/mol. The van der Waals surface area contributed by atoms with Gasteiger partial charge in [-0.25, -0.2) is 4.39 Å². The molecule has 132 valence electrons. The summed E-state index contributed by atoms with van der Waals surface area (Å²) < 4.78 is 12.9. The molecule has 24 heavy (non-hydrogen) atoms. The molecule has 4 nitrogen and oxygen atoms in total. The summed E-state index contributed by atoms with van der Waals surface area (Å²) in [6, 6.07) is 7.04. The lowest BCUT2D eigenvalue weighted by molar-refractivity contribution is -0.122. The van der Waals surface area contributed by atoms with E-state index in [-0.39, 0.29) is 11.7 Å². The molecule has 1 unspecified atom stereocenters. The summed E-state index contributed by atoms with van der Waals surface area (Å²) >= 11 is 0. The quantitative estimate of drug-likeness (QED) is 0.840. The third-order valence-corrected chi connectivity index (χ3v) is 5.21. The van der Waals surface area contributed by atoms with Crippen molar-refractivity contribution in [2.75, 3.05) is 26.2 Å². The highest BCUT2D eigenvalue weighted by molar-refractivity contribution is 5.76. The molecule has 1 aromatic carbocycles. The summed E-state index contributed by atoms with van der Waals surface area (Å²) in [7, 11) is 0. The van der Waals surface area contributed by atoms with Crippen molar-refractivity contribution in [3.8, 4) is 0 Å². The predicted octanol–water partition coefficient (Wildman–Crippen LogP) is 2.30. The Labute approximate surface area is 143 Å². The Balaban J connectivity index is 1.34. The molecule has 1 atom stereocenters. The van der Waals surface area contributed by atoms with E-state index in [4.69, 9.17) is 0 Å². The van der Waals surface area contributed by atoms with Gasteiger partial charge in [0.2, 0.25) is 5.91 Å². The maximum Gasteiger partial charge on any atom is 0.220 e. The molecule has 3 rings (SSSR count). The lowest BCUT2D eigenvalue weighted by atomic mass is 10.0. The summed E-state index contributed by atoms with van der Waals surface area (Å²) in [6.45, 7) is 4.98. The highest BCUT2D eigenvalue weighted by atomic mass is 19.1. The van der Waals surface area contributed by atoms with Crippen LogP contribution in [0.2, 0.25) is 0 Å². The predicted molar refractivity (Wildman–Crippen MR) is 93.1 cm³/mol. The highest BCUT2D eigenvalue weighted by Gasteiger charge is 2.21. The molecule has 0 spiro atoms. The number of rotatable bonds is 6. The van der Waals surface area contributed by atoms with Crippen LogP contribution in [-0.4, -0.2) is 43.0 Å². The molecule has 2 saturated heterocycles. The Kier molecular flexibility index (Phi) is 6.21. The molecule has 1 amide bonds. The Morgan fingerprint density at radius 3 is 2.62 bits per heavy atom. The minimum absolute atomic E-state index is 0.187. The Bertz CT molecular complexity index is 520. The second-order valence-electron chi connectivity index (χ2n) is 7.14. The van der Waals surface area contributed by atoms with Crippen LogP contribution in [0.5, 0.6) is 0 Å². The van der Waals surface area contributed by atoms with Crippen molar-refractivity contribution in [3.05, 3.63) is 35.6 Å². The number of nitrogens with one attached hydrogen (secondary N) is 2. The van der Waals surface area contributed by atoms with Crippen molar-refractivity contribution in [2.45, 2.75) is 44.7 Å². The van der Waals surface area contributed by atoms with Gasteiger partial charge < -0.3 is 10.6 Å². The van der Waals surface area contributed by atoms with Gasteiger partial charge in [0.25, 0.3) is 0 Å². The zero-order valence-corrected chi connectivity index (χ0v) is 14.3. The fraction of sp³-hybridized carbons (Fsp3) is 0.632. The summed E-state index contributed by atoms with van der Waals surface area (Å²) in [6.07, 6.45) is 4.86. The lowest BCUT2D eigenvalue weighted by Gasteiger charge is -2.32. The van der Waals surface area contributed by atoms with Gasteiger partial charge in [-0.3, -0.25) is 9.69 Å². The van der Waals surface area contributed by atoms with Gasteiger partial charge in [-0.1, -0.05) is 12.1 Å². The molecule has 5 heteroatoms. The van der Waals surface area contributed by atoms with E-state index in [0.717, 1.165) is 57.5 Å². The number of carbonyl (C=O) groups excluding carboxylic acids is 1. The Morgan fingerprint density at radius 2 is 1.96 bits per heavy atom. The standard InChI is InChI=1S/C19H28FN3O/c20-17-4-1-16(2-5-17)14-23-11-8-18(9-12-23)22-19(24)6-3-15-7-10-21-13-15/h1-2,4-5,15,18,21H,3,6-14H2,(H,22,24). The minimum Gasteiger partial charge on any atom is -0.353 e. The van der Waals surface area contributed by atoms with E-state index in [1.54, 1.807) is 0 Å². The normalized spacial score (nSPS) is 22.6. The number of nitrogens with zero attached hydrogens (tertiary/aromatic N) is 1. The van der Waals surface area contributed by atoms with Crippen molar-refractivity contribution < 1.29 is 9.18 Å². The van der Waals surface area contributed by atoms with Gasteiger partial charge in [0.1, 0.15) is 5.82 Å². The van der Waals surface area contributed by atoms with Crippen molar-refractivity contribution in [1.29, 1.82) is 0 Å². The van der Waals surface area contributed by atoms with Crippen LogP contribution in [0.15, 0.2) is 24.3 Å². The molecule has 0 radical (unpaired) electrons. The maximum absolute atomic E-state index is 12.9. The molecule has 0 aromatic heterocycles. The zero-order valence-electron chi connectivity index (χ0n) is 14.3. The van der Waals surface area contributed by atoms with Gasteiger partial charge in [0.15, 0.2) is 0 Å². The zero-order chi connectivity index (χ0) is 16.8. The molecule has 2 heterocycles. The number of amides is 1. The van der Waals surface area contributed by atoms with Crippen LogP contribution < -0.4 is 10.6 Å². The molecule has 2 fully saturated rings. The van der Waals surface area contributed by atoms with Crippen LogP contribution in [0.4, 0.5) is 4.39 Å². The van der Waals surface area contributed by atoms with E-state index < -0.39 is 0 Å². The largest absolute Gasteiger partial charge is 0.353 e. The molecular formula is C19H28FN3O. The fourth-order valence-corrected chi connectivity index (χ4v) is 3.68. The Morgan fingerprint density at radius 1 is 1.21 bits per heavy atom. The van der Waals surface area contributed by atoms with Crippen LogP contribution in [0.3, 0.4) is 0 Å². The van der Waals surface area contributed by atoms with Crippen LogP contribution >= 0.6 is 0 Å². The monoisotopic (exact) mass is 333 g/mol. The number of hydrogen-bond acceptors (Lipinski definition) is 3. The number of likely N-dealkylation sites (tertiary alicyclic amines) is 1. The first kappa shape index (κ1) is 17.4. The van der Waals surface area contributed by atoms with Gasteiger partial charge in [-0.2, -0.15) is 0 Å². The van der Waals surface area contributed by atoms with Crippen molar-refractivity contribution in [1.82, 2.24) is 15.5 Å². The molecule has 0 aliphatic carbocycles. The molecular weight excluding hydrogens is 305 g/mol. The van der Waals surface area contributed by atoms with Crippen LogP contribution in [-0.2, 0) is 11.3 Å². The van der Waals surface area contributed by atoms with E-state index in [2.05, 4.69) is 15.5 Å². The molecule has 1 aromatic rings. The van der Waals surface area contributed by atoms with Crippen molar-refractivity contribution in [3.63, 3.8) is 0 Å². The van der Waals surface area contributed by atoms with Crippen molar-refractivity contribution in [2.24, 2.45) is 5.92 Å². The van der Waals surface area contributed by atoms with E-state index in [1.807, 2.05) is 12.1 Å². The maximum atomic E-state index is 12.9. The summed E-state index contributed by atoms with van der Waals surface area (Å²) in [5.41, 5.74) is 1.14. The molecule has 2 N–H and O–H groups in total. The first-order chi connectivity index (χ1) is 11.7. The smallest absolute Gasteiger partial charge is 0.220 e. The third-order valence-electron chi connectivity index (χ3n) is 5.21. The molecule has 2 aliphatic heterocycles. The van der Waals surface area contributed by atoms with Gasteiger partial charge in [-0.05, 0) is 62.4 Å². The van der Waals surface area contributed by atoms with E-state index >= 15 is 0 Å². The molecule has 2 aliphatic rings. The van der Waals surface area contributed by atoms with Gasteiger partial charge in [-0.15, -0.1) is 0 Å². The first-order valence-corrected chi connectivity index (χ1v) is 9.16. The fourth-order valence-electron chi connectivity index (χ4n) is 3.68. The molecule has 0 bridgehead atoms. The summed E-state index contributed by atoms with van der Waals surface area (Å²) in [5.74, 6) is 0.695. The minimum atomic E-state index is -0.187. The SMILES string of the molecule is O=C(CCC1CCNC1)NC1CCN(Cc2ccc(F)cc2)CC1. The second kappa shape index (κ2) is 8.58. The number of halogens is 1. The van der Waals surface area contributed by atoms with Gasteiger partial charge in [0.05, 0.1) is 0 Å². The summed E-state index contributed by atoms with van der Waals surface area (Å²) in [5, 5.41) is 6.55. The summed E-state index contributed by atoms with van der Waals surface area (Å²) in [4.78, 5) is 14.5. The topological polar surface area (TPSA) is 44.4 Å². The van der Waals surface area contributed by atoms with E-state index in [1.165, 1.54) is 18.6 Å². The molecule has 0 saturated carbocycles. The number of carbonyl (C=O) groups is 1. The Hall–Kier alpha value is -1.46. The highest BCUT2D eigenvalue weighted by Crippen LogP contribution is 2.16. The van der Waals surface area contributed by atoms with Crippen LogP contribution in [0.25, 0.3) is 0 Å². The van der Waals surface area contributed by atoms with Crippen LogP contribution in [0, 0.1) is 11.7 Å². The number of piperidine rings is 1. The van der Waals surface area contributed by atoms with Crippen molar-refractivity contribution >= 4 is 5.91 Å². The van der Waals surface area contributed by atoms with E-state index in [0.29, 0.717) is 18.4 Å². The third kappa shape index (κ3) is 5.28. The van der Waals surface area contributed by atoms with E-state index in [9.17, 15) is 9.18 Å². The first-order valence-electron chi connectivity index (χ1n) is 9.16. The second-order valence-corrected chi connectivity index (χ2v) is 7.14.